The Hall–Kier alpha value is -2.81. The quantitative estimate of drug-likeness (QED) is 0.726. The van der Waals surface area contributed by atoms with Gasteiger partial charge in [0.05, 0.1) is 12.6 Å². The van der Waals surface area contributed by atoms with Crippen LogP contribution >= 0.6 is 0 Å². The Morgan fingerprint density at radius 1 is 1.23 bits per heavy atom. The highest BCUT2D eigenvalue weighted by Gasteiger charge is 2.21. The number of aromatic amines is 1. The lowest BCUT2D eigenvalue weighted by Crippen LogP contribution is -2.20. The van der Waals surface area contributed by atoms with E-state index in [0.29, 0.717) is 11.6 Å². The number of alkyl halides is 2. The van der Waals surface area contributed by atoms with Crippen LogP contribution in [0.4, 0.5) is 14.7 Å². The highest BCUT2D eigenvalue weighted by molar-refractivity contribution is 5.78. The van der Waals surface area contributed by atoms with Gasteiger partial charge in [0.15, 0.2) is 5.65 Å². The standard InChI is InChI=1S/C17H19F2N5O2/c1-9(10-4-6-11(7-5-10)14(18)19)24-15-13(12(8-25)22-24)16(26)21-17(20-15)23(2)3/h4-7,9,14,25H,8H2,1-3H3,(H,20,21,26)/t9-/m0/s1. The van der Waals surface area contributed by atoms with Crippen LogP contribution < -0.4 is 10.5 Å². The Bertz CT molecular complexity index is 979. The van der Waals surface area contributed by atoms with E-state index in [9.17, 15) is 18.7 Å². The molecule has 0 saturated carbocycles. The Labute approximate surface area is 147 Å². The zero-order valence-corrected chi connectivity index (χ0v) is 14.6. The van der Waals surface area contributed by atoms with Gasteiger partial charge in [0.2, 0.25) is 5.95 Å². The van der Waals surface area contributed by atoms with Gasteiger partial charge in [0, 0.05) is 19.7 Å². The number of benzene rings is 1. The summed E-state index contributed by atoms with van der Waals surface area (Å²) in [4.78, 5) is 21.1. The topological polar surface area (TPSA) is 87.0 Å². The van der Waals surface area contributed by atoms with E-state index in [1.807, 2.05) is 6.92 Å². The molecule has 2 heterocycles. The number of nitrogens with zero attached hydrogens (tertiary/aromatic N) is 4. The van der Waals surface area contributed by atoms with Gasteiger partial charge < -0.3 is 10.0 Å². The molecule has 0 bridgehead atoms. The van der Waals surface area contributed by atoms with E-state index in [0.717, 1.165) is 5.56 Å². The molecule has 26 heavy (non-hydrogen) atoms. The second kappa shape index (κ2) is 6.83. The third-order valence-electron chi connectivity index (χ3n) is 4.23. The van der Waals surface area contributed by atoms with Crippen molar-refractivity contribution in [2.45, 2.75) is 26.0 Å². The Kier molecular flexibility index (Phi) is 4.73. The number of aliphatic hydroxyl groups is 1. The number of aromatic nitrogens is 4. The maximum atomic E-state index is 12.7. The Morgan fingerprint density at radius 2 is 1.85 bits per heavy atom. The van der Waals surface area contributed by atoms with Gasteiger partial charge in [-0.15, -0.1) is 0 Å². The van der Waals surface area contributed by atoms with Crippen molar-refractivity contribution in [2.24, 2.45) is 0 Å². The number of nitrogens with one attached hydrogen (secondary N) is 1. The van der Waals surface area contributed by atoms with Crippen molar-refractivity contribution in [1.29, 1.82) is 0 Å². The van der Waals surface area contributed by atoms with Gasteiger partial charge in [-0.2, -0.15) is 10.1 Å². The Balaban J connectivity index is 2.15. The molecule has 0 aliphatic heterocycles. The van der Waals surface area contributed by atoms with Crippen LogP contribution in [0.1, 0.15) is 36.2 Å². The number of hydrogen-bond acceptors (Lipinski definition) is 5. The molecule has 0 aliphatic rings. The number of rotatable bonds is 5. The molecular weight excluding hydrogens is 344 g/mol. The molecule has 0 unspecified atom stereocenters. The molecule has 0 radical (unpaired) electrons. The molecule has 1 atom stereocenters. The predicted molar refractivity (Wildman–Crippen MR) is 93.6 cm³/mol. The summed E-state index contributed by atoms with van der Waals surface area (Å²) >= 11 is 0. The predicted octanol–water partition coefficient (Wildman–Crippen LogP) is 2.22. The monoisotopic (exact) mass is 363 g/mol. The first kappa shape index (κ1) is 18.0. The van der Waals surface area contributed by atoms with Crippen LogP contribution in [0.25, 0.3) is 11.0 Å². The van der Waals surface area contributed by atoms with E-state index < -0.39 is 18.6 Å². The zero-order valence-electron chi connectivity index (χ0n) is 14.6. The molecule has 0 amide bonds. The molecular formula is C17H19F2N5O2. The van der Waals surface area contributed by atoms with E-state index in [4.69, 9.17) is 0 Å². The van der Waals surface area contributed by atoms with Crippen molar-refractivity contribution in [3.8, 4) is 0 Å². The highest BCUT2D eigenvalue weighted by atomic mass is 19.3. The first-order valence-electron chi connectivity index (χ1n) is 8.01. The fraction of sp³-hybridized carbons (Fsp3) is 0.353. The van der Waals surface area contributed by atoms with E-state index in [1.54, 1.807) is 31.1 Å². The minimum atomic E-state index is -2.53. The van der Waals surface area contributed by atoms with Gasteiger partial charge in [-0.3, -0.25) is 9.78 Å². The number of fused-ring (bicyclic) bond motifs is 1. The van der Waals surface area contributed by atoms with E-state index >= 15 is 0 Å². The summed E-state index contributed by atoms with van der Waals surface area (Å²) in [7, 11) is 3.48. The molecule has 0 fully saturated rings. The number of aliphatic hydroxyl groups excluding tert-OH is 1. The SMILES string of the molecule is C[C@@H](c1ccc(C(F)F)cc1)n1nc(CO)c2c(=O)[nH]c(N(C)C)nc21. The molecule has 1 aromatic carbocycles. The van der Waals surface area contributed by atoms with Crippen LogP contribution in [-0.2, 0) is 6.61 Å². The van der Waals surface area contributed by atoms with Crippen molar-refractivity contribution in [3.05, 3.63) is 51.4 Å². The highest BCUT2D eigenvalue weighted by Crippen LogP contribution is 2.26. The lowest BCUT2D eigenvalue weighted by Gasteiger charge is -2.15. The van der Waals surface area contributed by atoms with Crippen LogP contribution in [0.2, 0.25) is 0 Å². The summed E-state index contributed by atoms with van der Waals surface area (Å²) in [6.07, 6.45) is -2.53. The summed E-state index contributed by atoms with van der Waals surface area (Å²) < 4.78 is 27.0. The molecule has 3 aromatic rings. The summed E-state index contributed by atoms with van der Waals surface area (Å²) in [5.74, 6) is 0.355. The molecule has 0 spiro atoms. The van der Waals surface area contributed by atoms with Gasteiger partial charge in [0.1, 0.15) is 11.1 Å². The minimum Gasteiger partial charge on any atom is -0.390 e. The summed E-state index contributed by atoms with van der Waals surface area (Å²) in [6, 6.07) is 5.55. The number of halogens is 2. The number of anilines is 1. The van der Waals surface area contributed by atoms with Crippen LogP contribution in [0.3, 0.4) is 0 Å². The number of hydrogen-bond donors (Lipinski definition) is 2. The molecule has 0 aliphatic carbocycles. The molecule has 138 valence electrons. The van der Waals surface area contributed by atoms with Crippen molar-refractivity contribution < 1.29 is 13.9 Å². The van der Waals surface area contributed by atoms with Gasteiger partial charge in [-0.1, -0.05) is 24.3 Å². The molecule has 3 rings (SSSR count). The first-order chi connectivity index (χ1) is 12.3. The van der Waals surface area contributed by atoms with Crippen molar-refractivity contribution in [3.63, 3.8) is 0 Å². The van der Waals surface area contributed by atoms with E-state index in [-0.39, 0.29) is 22.7 Å². The second-order valence-electron chi connectivity index (χ2n) is 6.18. The van der Waals surface area contributed by atoms with Crippen LogP contribution in [0.15, 0.2) is 29.1 Å². The summed E-state index contributed by atoms with van der Waals surface area (Å²) in [5, 5.41) is 14.1. The van der Waals surface area contributed by atoms with Crippen molar-refractivity contribution >= 4 is 17.0 Å². The van der Waals surface area contributed by atoms with Crippen LogP contribution in [-0.4, -0.2) is 39.0 Å². The zero-order chi connectivity index (χ0) is 19.0. The largest absolute Gasteiger partial charge is 0.390 e. The van der Waals surface area contributed by atoms with Gasteiger partial charge in [-0.05, 0) is 12.5 Å². The summed E-state index contributed by atoms with van der Waals surface area (Å²) in [5.41, 5.74) is 0.819. The molecule has 9 heteroatoms. The molecule has 0 saturated heterocycles. The lowest BCUT2D eigenvalue weighted by atomic mass is 10.1. The van der Waals surface area contributed by atoms with Crippen LogP contribution in [0.5, 0.6) is 0 Å². The van der Waals surface area contributed by atoms with Crippen LogP contribution in [0, 0.1) is 0 Å². The van der Waals surface area contributed by atoms with E-state index in [2.05, 4.69) is 15.1 Å². The smallest absolute Gasteiger partial charge is 0.263 e. The van der Waals surface area contributed by atoms with Crippen molar-refractivity contribution in [1.82, 2.24) is 19.7 Å². The third-order valence-corrected chi connectivity index (χ3v) is 4.23. The minimum absolute atomic E-state index is 0.0632. The third kappa shape index (κ3) is 3.05. The molecule has 2 N–H and O–H groups in total. The fourth-order valence-corrected chi connectivity index (χ4v) is 2.76. The molecule has 2 aromatic heterocycles. The second-order valence-corrected chi connectivity index (χ2v) is 6.18. The Morgan fingerprint density at radius 3 is 2.38 bits per heavy atom. The maximum Gasteiger partial charge on any atom is 0.263 e. The van der Waals surface area contributed by atoms with Gasteiger partial charge in [-0.25, -0.2) is 13.5 Å². The van der Waals surface area contributed by atoms with Crippen molar-refractivity contribution in [2.75, 3.05) is 19.0 Å². The average molecular weight is 363 g/mol. The average Bonchev–Trinajstić information content (AvgIpc) is 3.00. The van der Waals surface area contributed by atoms with E-state index in [1.165, 1.54) is 16.8 Å². The normalized spacial score (nSPS) is 12.7. The molecule has 7 nitrogen and oxygen atoms in total. The lowest BCUT2D eigenvalue weighted by molar-refractivity contribution is 0.151. The fourth-order valence-electron chi connectivity index (χ4n) is 2.76. The van der Waals surface area contributed by atoms with Gasteiger partial charge in [0.25, 0.3) is 12.0 Å². The van der Waals surface area contributed by atoms with Gasteiger partial charge >= 0.3 is 0 Å². The summed E-state index contributed by atoms with van der Waals surface area (Å²) in [6.45, 7) is 1.41. The number of H-pyrrole nitrogens is 1. The maximum absolute atomic E-state index is 12.7. The first-order valence-corrected chi connectivity index (χ1v) is 8.01.